The van der Waals surface area contributed by atoms with Crippen molar-refractivity contribution in [2.45, 2.75) is 50.6 Å². The molecular weight excluding hydrogens is 599 g/mol. The number of hydrogen-bond donors (Lipinski definition) is 3. The van der Waals surface area contributed by atoms with Gasteiger partial charge in [0.1, 0.15) is 18.4 Å². The maximum Gasteiger partial charge on any atom is 0.416 e. The van der Waals surface area contributed by atoms with Crippen LogP contribution in [-0.4, -0.2) is 53.0 Å². The van der Waals surface area contributed by atoms with Crippen LogP contribution in [0.15, 0.2) is 103 Å². The topological polar surface area (TPSA) is 122 Å². The number of nitrogens with two attached hydrogens (primary N) is 1. The smallest absolute Gasteiger partial charge is 0.416 e. The molecule has 0 aromatic heterocycles. The first kappa shape index (κ1) is 34.0. The number of rotatable bonds is 11. The van der Waals surface area contributed by atoms with Gasteiger partial charge >= 0.3 is 12.1 Å². The molecule has 1 unspecified atom stereocenters. The van der Waals surface area contributed by atoms with E-state index in [4.69, 9.17) is 10.5 Å². The molecule has 4 N–H and O–H groups in total. The minimum Gasteiger partial charge on any atom is -0.489 e. The number of hydrogen-bond acceptors (Lipinski definition) is 5. The van der Waals surface area contributed by atoms with E-state index < -0.39 is 41.6 Å². The highest BCUT2D eigenvalue weighted by atomic mass is 19.4. The number of amides is 2. The van der Waals surface area contributed by atoms with Gasteiger partial charge in [0.2, 0.25) is 11.8 Å². The van der Waals surface area contributed by atoms with Crippen LogP contribution in [0.25, 0.3) is 11.1 Å². The molecule has 4 rings (SSSR count). The minimum absolute atomic E-state index is 0.0515. The Morgan fingerprint density at radius 1 is 0.935 bits per heavy atom. The number of nitrogens with zero attached hydrogens (tertiary/aromatic N) is 1. The summed E-state index contributed by atoms with van der Waals surface area (Å²) in [5, 5.41) is 12.6. The van der Waals surface area contributed by atoms with Crippen LogP contribution in [0.3, 0.4) is 0 Å². The van der Waals surface area contributed by atoms with Crippen molar-refractivity contribution in [1.82, 2.24) is 10.2 Å². The number of carbonyl (C=O) groups is 3. The van der Waals surface area contributed by atoms with Crippen molar-refractivity contribution in [1.29, 1.82) is 0 Å². The van der Waals surface area contributed by atoms with Crippen molar-refractivity contribution in [2.75, 3.05) is 13.1 Å². The number of allylic oxidation sites excluding steroid dienone is 2. The first-order valence-corrected chi connectivity index (χ1v) is 14.8. The van der Waals surface area contributed by atoms with Crippen molar-refractivity contribution in [2.24, 2.45) is 5.73 Å². The van der Waals surface area contributed by atoms with Gasteiger partial charge in [-0.1, -0.05) is 72.8 Å². The van der Waals surface area contributed by atoms with Crippen LogP contribution in [0.5, 0.6) is 0 Å². The molecule has 3 aromatic rings. The van der Waals surface area contributed by atoms with E-state index in [0.717, 1.165) is 28.8 Å². The summed E-state index contributed by atoms with van der Waals surface area (Å²) in [6.45, 7) is 0.0899. The summed E-state index contributed by atoms with van der Waals surface area (Å²) in [4.78, 5) is 39.2. The third-order valence-corrected chi connectivity index (χ3v) is 7.56. The minimum atomic E-state index is -4.42. The number of nitrogens with one attached hydrogen (secondary N) is 1. The number of primary amides is 1. The molecule has 242 valence electrons. The average Bonchev–Trinajstić information content (AvgIpc) is 3.03. The zero-order valence-electron chi connectivity index (χ0n) is 25.1. The quantitative estimate of drug-likeness (QED) is 0.257. The number of halogens is 3. The molecule has 0 saturated carbocycles. The Bertz CT molecular complexity index is 1540. The molecule has 8 nitrogen and oxygen atoms in total. The Kier molecular flexibility index (Phi) is 11.7. The van der Waals surface area contributed by atoms with E-state index in [1.807, 2.05) is 54.6 Å². The van der Waals surface area contributed by atoms with Gasteiger partial charge in [-0.2, -0.15) is 13.2 Å². The number of aliphatic carboxylic acids is 1. The molecular formula is C35H36F3N3O5. The van der Waals surface area contributed by atoms with E-state index in [1.54, 1.807) is 23.1 Å². The molecule has 2 amide bonds. The molecule has 0 aliphatic carbocycles. The van der Waals surface area contributed by atoms with E-state index in [0.29, 0.717) is 24.2 Å². The highest BCUT2D eigenvalue weighted by Crippen LogP contribution is 2.29. The molecule has 1 aliphatic heterocycles. The number of benzene rings is 3. The Morgan fingerprint density at radius 3 is 2.22 bits per heavy atom. The van der Waals surface area contributed by atoms with Gasteiger partial charge in [-0.25, -0.2) is 4.79 Å². The largest absolute Gasteiger partial charge is 0.489 e. The standard InChI is InChI=1S/C35H36F3N3O5/c36-35(37,38)28-18-14-25(15-19-28)23-46-29-9-4-5-11-31(41(20-6-10-29)22-32(39)42)33(43)40-30(34(44)45)21-24-12-16-27(17-13-24)26-7-2-1-3-8-26/h1-4,7-10,12-19,30-31H,5-6,11,20-23H2,(H2,39,42)(H,40,43)(H,44,45)/b9-4-,29-10+/t30-,31?/m0/s1. The number of carbonyl (C=O) groups excluding carboxylic acids is 2. The molecule has 0 spiro atoms. The van der Waals surface area contributed by atoms with Crippen molar-refractivity contribution in [3.8, 4) is 11.1 Å². The van der Waals surface area contributed by atoms with Crippen LogP contribution < -0.4 is 11.1 Å². The van der Waals surface area contributed by atoms with E-state index in [-0.39, 0.29) is 32.5 Å². The Hall–Kier alpha value is -4.90. The van der Waals surface area contributed by atoms with Crippen molar-refractivity contribution < 1.29 is 37.4 Å². The van der Waals surface area contributed by atoms with Crippen LogP contribution in [0.4, 0.5) is 13.2 Å². The average molecular weight is 636 g/mol. The molecule has 0 bridgehead atoms. The molecule has 46 heavy (non-hydrogen) atoms. The molecule has 11 heteroatoms. The Morgan fingerprint density at radius 2 is 1.59 bits per heavy atom. The second-order valence-electron chi connectivity index (χ2n) is 11.0. The number of alkyl halides is 3. The van der Waals surface area contributed by atoms with Gasteiger partial charge in [0.15, 0.2) is 0 Å². The Balaban J connectivity index is 1.40. The van der Waals surface area contributed by atoms with Crippen molar-refractivity contribution >= 4 is 17.8 Å². The number of carboxylic acid groups (broad SMARTS) is 1. The van der Waals surface area contributed by atoms with Crippen LogP contribution in [0.1, 0.15) is 36.0 Å². The molecule has 1 aliphatic rings. The third-order valence-electron chi connectivity index (χ3n) is 7.56. The highest BCUT2D eigenvalue weighted by Gasteiger charge is 2.31. The summed E-state index contributed by atoms with van der Waals surface area (Å²) in [5.74, 6) is -1.85. The lowest BCUT2D eigenvalue weighted by molar-refractivity contribution is -0.143. The van der Waals surface area contributed by atoms with Gasteiger partial charge in [-0.3, -0.25) is 14.5 Å². The SMILES string of the molecule is NC(=O)CN1CC/C=C(OCc2ccc(C(F)(F)F)cc2)\C=C/CCC1C(=O)N[C@@H](Cc1ccc(-c2ccccc2)cc1)C(=O)O. The zero-order chi connectivity index (χ0) is 33.1. The lowest BCUT2D eigenvalue weighted by Crippen LogP contribution is -2.54. The number of carboxylic acids is 1. The summed E-state index contributed by atoms with van der Waals surface area (Å²) in [5.41, 5.74) is 8.07. The fourth-order valence-corrected chi connectivity index (χ4v) is 5.15. The van der Waals surface area contributed by atoms with Crippen LogP contribution >= 0.6 is 0 Å². The second kappa shape index (κ2) is 15.9. The lowest BCUT2D eigenvalue weighted by Gasteiger charge is -2.31. The molecule has 2 atom stereocenters. The summed E-state index contributed by atoms with van der Waals surface area (Å²) in [6.07, 6.45) is 1.95. The van der Waals surface area contributed by atoms with Crippen LogP contribution in [-0.2, 0) is 38.3 Å². The van der Waals surface area contributed by atoms with E-state index in [2.05, 4.69) is 5.32 Å². The van der Waals surface area contributed by atoms with E-state index in [9.17, 15) is 32.7 Å². The first-order valence-electron chi connectivity index (χ1n) is 14.8. The highest BCUT2D eigenvalue weighted by molar-refractivity contribution is 5.87. The normalized spacial score (nSPS) is 18.4. The van der Waals surface area contributed by atoms with Crippen molar-refractivity contribution in [3.05, 3.63) is 120 Å². The maximum atomic E-state index is 13.5. The monoisotopic (exact) mass is 635 g/mol. The third kappa shape index (κ3) is 10.1. The summed E-state index contributed by atoms with van der Waals surface area (Å²) < 4.78 is 44.4. The zero-order valence-corrected chi connectivity index (χ0v) is 25.1. The van der Waals surface area contributed by atoms with Gasteiger partial charge in [0.25, 0.3) is 0 Å². The van der Waals surface area contributed by atoms with Crippen molar-refractivity contribution in [3.63, 3.8) is 0 Å². The molecule has 0 saturated heterocycles. The fourth-order valence-electron chi connectivity index (χ4n) is 5.15. The predicted molar refractivity (Wildman–Crippen MR) is 167 cm³/mol. The number of ether oxygens (including phenoxy) is 1. The maximum absolute atomic E-state index is 13.5. The van der Waals surface area contributed by atoms with Gasteiger partial charge in [0, 0.05) is 13.0 Å². The second-order valence-corrected chi connectivity index (χ2v) is 11.0. The fraction of sp³-hybridized carbons (Fsp3) is 0.286. The van der Waals surface area contributed by atoms with Gasteiger partial charge in [0.05, 0.1) is 18.2 Å². The first-order chi connectivity index (χ1) is 22.0. The predicted octanol–water partition coefficient (Wildman–Crippen LogP) is 5.48. The van der Waals surface area contributed by atoms with Crippen LogP contribution in [0.2, 0.25) is 0 Å². The molecule has 3 aromatic carbocycles. The summed E-state index contributed by atoms with van der Waals surface area (Å²) in [7, 11) is 0. The van der Waals surface area contributed by atoms with Gasteiger partial charge in [-0.15, -0.1) is 0 Å². The molecule has 0 fully saturated rings. The van der Waals surface area contributed by atoms with Crippen LogP contribution in [0, 0.1) is 0 Å². The van der Waals surface area contributed by atoms with Gasteiger partial charge < -0.3 is 20.9 Å². The summed E-state index contributed by atoms with van der Waals surface area (Å²) in [6, 6.07) is 19.9. The van der Waals surface area contributed by atoms with E-state index in [1.165, 1.54) is 12.1 Å². The Labute approximate surface area is 265 Å². The van der Waals surface area contributed by atoms with E-state index >= 15 is 0 Å². The molecule has 0 radical (unpaired) electrons. The lowest BCUT2D eigenvalue weighted by atomic mass is 10.00. The summed E-state index contributed by atoms with van der Waals surface area (Å²) >= 11 is 0. The van der Waals surface area contributed by atoms with Gasteiger partial charge in [-0.05, 0) is 65.8 Å². The molecule has 1 heterocycles.